The molecule has 0 radical (unpaired) electrons. The molecule has 2 rings (SSSR count). The summed E-state index contributed by atoms with van der Waals surface area (Å²) < 4.78 is 28.8. The van der Waals surface area contributed by atoms with E-state index in [1.807, 2.05) is 7.05 Å². The van der Waals surface area contributed by atoms with Crippen molar-refractivity contribution in [3.63, 3.8) is 0 Å². The van der Waals surface area contributed by atoms with Gasteiger partial charge in [-0.2, -0.15) is 17.4 Å². The molecule has 5 nitrogen and oxygen atoms in total. The van der Waals surface area contributed by atoms with Crippen LogP contribution in [-0.2, 0) is 10.2 Å². The molecule has 0 bridgehead atoms. The lowest BCUT2D eigenvalue weighted by Crippen LogP contribution is -2.46. The lowest BCUT2D eigenvalue weighted by atomic mass is 9.98. The quantitative estimate of drug-likeness (QED) is 0.744. The third-order valence-corrected chi connectivity index (χ3v) is 5.80. The summed E-state index contributed by atoms with van der Waals surface area (Å²) in [6.07, 6.45) is 4.00. The Morgan fingerprint density at radius 1 is 1.28 bits per heavy atom. The van der Waals surface area contributed by atoms with Crippen molar-refractivity contribution in [2.45, 2.75) is 38.6 Å². The second-order valence-corrected chi connectivity index (χ2v) is 7.24. The summed E-state index contributed by atoms with van der Waals surface area (Å²) in [5, 5.41) is 3.16. The van der Waals surface area contributed by atoms with Crippen LogP contribution >= 0.6 is 0 Å². The van der Waals surface area contributed by atoms with E-state index in [0.717, 1.165) is 32.2 Å². The van der Waals surface area contributed by atoms with Crippen molar-refractivity contribution in [2.75, 3.05) is 26.7 Å². The Hall–Kier alpha value is -0.170. The van der Waals surface area contributed by atoms with Crippen molar-refractivity contribution >= 4 is 10.2 Å². The number of nitrogens with zero attached hydrogens (tertiary/aromatic N) is 1. The van der Waals surface area contributed by atoms with E-state index in [1.54, 1.807) is 4.31 Å². The standard InChI is InChI=1S/C12H25N3O2S/c1-3-11-8-12(11)14-18(16,17)15-6-4-10(5-7-15)9-13-2/h10-14H,3-9H2,1-2H3. The summed E-state index contributed by atoms with van der Waals surface area (Å²) in [4.78, 5) is 0. The molecule has 1 saturated carbocycles. The van der Waals surface area contributed by atoms with Crippen molar-refractivity contribution in [3.8, 4) is 0 Å². The molecule has 1 heterocycles. The van der Waals surface area contributed by atoms with Crippen molar-refractivity contribution < 1.29 is 8.42 Å². The average Bonchev–Trinajstić information content (AvgIpc) is 3.08. The van der Waals surface area contributed by atoms with Gasteiger partial charge in [0.25, 0.3) is 10.2 Å². The van der Waals surface area contributed by atoms with Gasteiger partial charge < -0.3 is 5.32 Å². The molecule has 1 aliphatic carbocycles. The Morgan fingerprint density at radius 2 is 1.94 bits per heavy atom. The lowest BCUT2D eigenvalue weighted by Gasteiger charge is -2.31. The summed E-state index contributed by atoms with van der Waals surface area (Å²) in [6, 6.07) is 0.190. The molecule has 2 fully saturated rings. The van der Waals surface area contributed by atoms with Crippen molar-refractivity contribution in [2.24, 2.45) is 11.8 Å². The Bertz CT molecular complexity index is 364. The minimum absolute atomic E-state index is 0.190. The maximum absolute atomic E-state index is 12.2. The van der Waals surface area contributed by atoms with Crippen LogP contribution in [0.5, 0.6) is 0 Å². The maximum atomic E-state index is 12.2. The van der Waals surface area contributed by atoms with Gasteiger partial charge in [0.05, 0.1) is 0 Å². The van der Waals surface area contributed by atoms with E-state index in [0.29, 0.717) is 24.9 Å². The minimum Gasteiger partial charge on any atom is -0.319 e. The summed E-state index contributed by atoms with van der Waals surface area (Å²) in [6.45, 7) is 4.42. The first-order valence-electron chi connectivity index (χ1n) is 6.98. The van der Waals surface area contributed by atoms with Crippen LogP contribution in [0.15, 0.2) is 0 Å². The van der Waals surface area contributed by atoms with E-state index in [1.165, 1.54) is 0 Å². The van der Waals surface area contributed by atoms with E-state index in [9.17, 15) is 8.42 Å². The zero-order chi connectivity index (χ0) is 13.2. The minimum atomic E-state index is -3.24. The van der Waals surface area contributed by atoms with Crippen molar-refractivity contribution in [1.82, 2.24) is 14.3 Å². The highest BCUT2D eigenvalue weighted by Gasteiger charge is 2.40. The molecule has 2 atom stereocenters. The zero-order valence-electron chi connectivity index (χ0n) is 11.4. The topological polar surface area (TPSA) is 61.4 Å². The van der Waals surface area contributed by atoms with Crippen LogP contribution in [0.1, 0.15) is 32.6 Å². The second kappa shape index (κ2) is 5.86. The van der Waals surface area contributed by atoms with Gasteiger partial charge >= 0.3 is 0 Å². The predicted molar refractivity (Wildman–Crippen MR) is 72.5 cm³/mol. The highest BCUT2D eigenvalue weighted by molar-refractivity contribution is 7.87. The number of rotatable bonds is 6. The molecule has 6 heteroatoms. The summed E-state index contributed by atoms with van der Waals surface area (Å²) in [5.41, 5.74) is 0. The third kappa shape index (κ3) is 3.44. The monoisotopic (exact) mass is 275 g/mol. The van der Waals surface area contributed by atoms with Gasteiger partial charge in [0.15, 0.2) is 0 Å². The normalized spacial score (nSPS) is 30.6. The fourth-order valence-corrected chi connectivity index (χ4v) is 4.26. The van der Waals surface area contributed by atoms with E-state index < -0.39 is 10.2 Å². The SMILES string of the molecule is CCC1CC1NS(=O)(=O)N1CCC(CNC)CC1. The molecule has 0 amide bonds. The largest absolute Gasteiger partial charge is 0.319 e. The van der Waals surface area contributed by atoms with Crippen LogP contribution in [-0.4, -0.2) is 45.4 Å². The molecular formula is C12H25N3O2S. The second-order valence-electron chi connectivity index (χ2n) is 5.53. The van der Waals surface area contributed by atoms with Gasteiger partial charge in [0.2, 0.25) is 0 Å². The van der Waals surface area contributed by atoms with Crippen LogP contribution in [0.25, 0.3) is 0 Å². The number of piperidine rings is 1. The molecule has 0 aromatic rings. The highest BCUT2D eigenvalue weighted by atomic mass is 32.2. The number of nitrogens with one attached hydrogen (secondary N) is 2. The number of hydrogen-bond donors (Lipinski definition) is 2. The molecule has 1 aliphatic heterocycles. The summed E-state index contributed by atoms with van der Waals surface area (Å²) >= 11 is 0. The van der Waals surface area contributed by atoms with Gasteiger partial charge in [-0.05, 0) is 44.7 Å². The number of hydrogen-bond acceptors (Lipinski definition) is 3. The lowest BCUT2D eigenvalue weighted by molar-refractivity contribution is 0.268. The fourth-order valence-electron chi connectivity index (χ4n) is 2.75. The van der Waals surface area contributed by atoms with Gasteiger partial charge in [0.1, 0.15) is 0 Å². The molecule has 106 valence electrons. The Morgan fingerprint density at radius 3 is 2.44 bits per heavy atom. The molecular weight excluding hydrogens is 250 g/mol. The van der Waals surface area contributed by atoms with E-state index in [4.69, 9.17) is 0 Å². The third-order valence-electron chi connectivity index (χ3n) is 4.15. The first-order chi connectivity index (χ1) is 8.56. The first kappa shape index (κ1) is 14.2. The van der Waals surface area contributed by atoms with E-state index >= 15 is 0 Å². The van der Waals surface area contributed by atoms with Crippen molar-refractivity contribution in [3.05, 3.63) is 0 Å². The molecule has 2 N–H and O–H groups in total. The molecule has 18 heavy (non-hydrogen) atoms. The summed E-state index contributed by atoms with van der Waals surface area (Å²) in [5.74, 6) is 1.17. The Labute approximate surface area is 110 Å². The first-order valence-corrected chi connectivity index (χ1v) is 8.42. The van der Waals surface area contributed by atoms with Gasteiger partial charge in [-0.15, -0.1) is 0 Å². The Balaban J connectivity index is 1.81. The van der Waals surface area contributed by atoms with Crippen LogP contribution < -0.4 is 10.0 Å². The van der Waals surface area contributed by atoms with E-state index in [-0.39, 0.29) is 6.04 Å². The van der Waals surface area contributed by atoms with Gasteiger partial charge in [0, 0.05) is 19.1 Å². The van der Waals surface area contributed by atoms with Crippen LogP contribution in [0.3, 0.4) is 0 Å². The molecule has 2 unspecified atom stereocenters. The summed E-state index contributed by atoms with van der Waals surface area (Å²) in [7, 11) is -1.29. The van der Waals surface area contributed by atoms with Gasteiger partial charge in [-0.1, -0.05) is 13.3 Å². The predicted octanol–water partition coefficient (Wildman–Crippen LogP) is 0.551. The molecule has 1 saturated heterocycles. The molecule has 2 aliphatic rings. The van der Waals surface area contributed by atoms with Crippen LogP contribution in [0.2, 0.25) is 0 Å². The molecule has 0 aromatic carbocycles. The molecule has 0 aromatic heterocycles. The van der Waals surface area contributed by atoms with Crippen molar-refractivity contribution in [1.29, 1.82) is 0 Å². The Kier molecular flexibility index (Phi) is 4.64. The van der Waals surface area contributed by atoms with Crippen LogP contribution in [0, 0.1) is 11.8 Å². The van der Waals surface area contributed by atoms with Crippen LogP contribution in [0.4, 0.5) is 0 Å². The smallest absolute Gasteiger partial charge is 0.279 e. The van der Waals surface area contributed by atoms with Gasteiger partial charge in [-0.3, -0.25) is 0 Å². The van der Waals surface area contributed by atoms with Gasteiger partial charge in [-0.25, -0.2) is 0 Å². The van der Waals surface area contributed by atoms with E-state index in [2.05, 4.69) is 17.0 Å². The zero-order valence-corrected chi connectivity index (χ0v) is 12.2. The highest BCUT2D eigenvalue weighted by Crippen LogP contribution is 2.34. The fraction of sp³-hybridized carbons (Fsp3) is 1.00. The molecule has 0 spiro atoms. The maximum Gasteiger partial charge on any atom is 0.279 e. The average molecular weight is 275 g/mol.